The van der Waals surface area contributed by atoms with Crippen molar-refractivity contribution >= 4 is 16.6 Å². The molecule has 3 N–H and O–H groups in total. The van der Waals surface area contributed by atoms with Crippen molar-refractivity contribution in [1.29, 1.82) is 0 Å². The fourth-order valence-corrected chi connectivity index (χ4v) is 5.60. The normalized spacial score (nSPS) is 23.6. The van der Waals surface area contributed by atoms with Crippen LogP contribution in [0.2, 0.25) is 0 Å². The summed E-state index contributed by atoms with van der Waals surface area (Å²) < 4.78 is 2.17. The van der Waals surface area contributed by atoms with Crippen molar-refractivity contribution in [1.82, 2.24) is 34.9 Å². The molecule has 0 radical (unpaired) electrons. The molecule has 0 aromatic carbocycles. The first-order valence-corrected chi connectivity index (χ1v) is 11.9. The molecule has 0 saturated carbocycles. The van der Waals surface area contributed by atoms with Gasteiger partial charge < -0.3 is 15.0 Å². The average molecular weight is 446 g/mol. The highest BCUT2D eigenvalue weighted by atomic mass is 16.3. The molecule has 8 nitrogen and oxygen atoms in total. The van der Waals surface area contributed by atoms with Crippen LogP contribution in [0.3, 0.4) is 0 Å². The van der Waals surface area contributed by atoms with Gasteiger partial charge in [0.2, 0.25) is 0 Å². The maximum atomic E-state index is 10.4. The van der Waals surface area contributed by atoms with Crippen molar-refractivity contribution in [3.8, 4) is 11.3 Å². The van der Waals surface area contributed by atoms with Crippen LogP contribution >= 0.6 is 0 Å². The first-order chi connectivity index (χ1) is 16.1. The molecule has 6 heterocycles. The number of hydrogen-bond acceptors (Lipinski definition) is 6. The third kappa shape index (κ3) is 3.40. The minimum absolute atomic E-state index is 0.0716. The first kappa shape index (κ1) is 20.7. The summed E-state index contributed by atoms with van der Waals surface area (Å²) in [6.07, 6.45) is 12.0. The van der Waals surface area contributed by atoms with Crippen LogP contribution in [0.5, 0.6) is 0 Å². The summed E-state index contributed by atoms with van der Waals surface area (Å²) in [4.78, 5) is 12.3. The molecule has 2 unspecified atom stereocenters. The molecular formula is C25H31N7O. The van der Waals surface area contributed by atoms with E-state index in [1.807, 2.05) is 19.3 Å². The van der Waals surface area contributed by atoms with E-state index in [0.717, 1.165) is 67.9 Å². The largest absolute Gasteiger partial charge is 0.377 e. The van der Waals surface area contributed by atoms with E-state index in [1.165, 1.54) is 16.8 Å². The molecule has 1 spiro atoms. The number of H-pyrrole nitrogens is 1. The van der Waals surface area contributed by atoms with E-state index < -0.39 is 6.35 Å². The van der Waals surface area contributed by atoms with E-state index in [9.17, 15) is 5.11 Å². The van der Waals surface area contributed by atoms with Crippen molar-refractivity contribution in [2.24, 2.45) is 0 Å². The fraction of sp³-hybridized carbons (Fsp3) is 0.440. The van der Waals surface area contributed by atoms with Crippen LogP contribution in [0, 0.1) is 0 Å². The van der Waals surface area contributed by atoms with Crippen molar-refractivity contribution in [3.05, 3.63) is 54.1 Å². The monoisotopic (exact) mass is 445 g/mol. The number of aliphatic hydroxyl groups is 1. The van der Waals surface area contributed by atoms with Gasteiger partial charge in [-0.25, -0.2) is 4.98 Å². The van der Waals surface area contributed by atoms with Crippen molar-refractivity contribution in [2.45, 2.75) is 38.1 Å². The highest BCUT2D eigenvalue weighted by Crippen LogP contribution is 2.44. The van der Waals surface area contributed by atoms with Gasteiger partial charge in [0, 0.05) is 73.2 Å². The highest BCUT2D eigenvalue weighted by molar-refractivity contribution is 5.95. The van der Waals surface area contributed by atoms with Crippen molar-refractivity contribution in [3.63, 3.8) is 0 Å². The van der Waals surface area contributed by atoms with Gasteiger partial charge in [-0.1, -0.05) is 13.0 Å². The quantitative estimate of drug-likeness (QED) is 0.524. The summed E-state index contributed by atoms with van der Waals surface area (Å²) in [5, 5.41) is 19.6. The average Bonchev–Trinajstić information content (AvgIpc) is 3.59. The fourth-order valence-electron chi connectivity index (χ4n) is 5.60. The standard InChI is InChI=1S/C25H31N7O/c1-3-26-24(33)31-10-6-25(16-31)7-11-32-22(25)13-21(29-32)18-12-19-20(15-28-23(19)27-14-18)17-4-8-30(2)9-5-17/h4-5,8,12-15,24,26,33H,3,6-7,9-11,16H2,1-2H3,(H,27,28). The molecule has 3 aliphatic rings. The second-order valence-electron chi connectivity index (χ2n) is 9.56. The SMILES string of the molecule is CCNC(O)N1CCC2(CCn3nc(-c4cnc5[nH]cc(C6=CCN(C)C=C6)c5c4)cc32)C1. The third-order valence-corrected chi connectivity index (χ3v) is 7.49. The van der Waals surface area contributed by atoms with Crippen molar-refractivity contribution in [2.75, 3.05) is 33.2 Å². The number of fused-ring (bicyclic) bond motifs is 3. The number of likely N-dealkylation sites (N-methyl/N-ethyl adjacent to an activating group) is 1. The number of aromatic amines is 1. The van der Waals surface area contributed by atoms with E-state index in [0.29, 0.717) is 0 Å². The Bertz CT molecular complexity index is 1250. The summed E-state index contributed by atoms with van der Waals surface area (Å²) in [7, 11) is 2.08. The molecular weight excluding hydrogens is 414 g/mol. The predicted molar refractivity (Wildman–Crippen MR) is 129 cm³/mol. The van der Waals surface area contributed by atoms with Crippen LogP contribution in [-0.4, -0.2) is 74.2 Å². The molecule has 33 heavy (non-hydrogen) atoms. The van der Waals surface area contributed by atoms with Gasteiger partial charge >= 0.3 is 0 Å². The minimum Gasteiger partial charge on any atom is -0.377 e. The van der Waals surface area contributed by atoms with E-state index >= 15 is 0 Å². The number of nitrogens with zero attached hydrogens (tertiary/aromatic N) is 5. The Kier molecular flexibility index (Phi) is 4.90. The molecule has 3 aromatic rings. The molecule has 3 aliphatic heterocycles. The predicted octanol–water partition coefficient (Wildman–Crippen LogP) is 2.50. The lowest BCUT2D eigenvalue weighted by atomic mass is 9.82. The van der Waals surface area contributed by atoms with Gasteiger partial charge in [-0.15, -0.1) is 0 Å². The topological polar surface area (TPSA) is 85.2 Å². The van der Waals surface area contributed by atoms with Crippen LogP contribution in [-0.2, 0) is 12.0 Å². The zero-order valence-electron chi connectivity index (χ0n) is 19.3. The molecule has 8 heteroatoms. The third-order valence-electron chi connectivity index (χ3n) is 7.49. The Balaban J connectivity index is 1.32. The lowest BCUT2D eigenvalue weighted by molar-refractivity contribution is -0.00920. The number of nitrogens with one attached hydrogen (secondary N) is 2. The molecule has 3 aromatic heterocycles. The van der Waals surface area contributed by atoms with E-state index in [2.05, 4.69) is 62.3 Å². The maximum Gasteiger partial charge on any atom is 0.163 e. The summed E-state index contributed by atoms with van der Waals surface area (Å²) in [5.41, 5.74) is 6.67. The number of hydrogen-bond donors (Lipinski definition) is 3. The maximum absolute atomic E-state index is 10.4. The Morgan fingerprint density at radius 1 is 1.27 bits per heavy atom. The van der Waals surface area contributed by atoms with E-state index in [1.54, 1.807) is 0 Å². The summed E-state index contributed by atoms with van der Waals surface area (Å²) in [6, 6.07) is 4.46. The zero-order chi connectivity index (χ0) is 22.6. The molecule has 1 saturated heterocycles. The van der Waals surface area contributed by atoms with Gasteiger partial charge in [-0.3, -0.25) is 14.9 Å². The van der Waals surface area contributed by atoms with Gasteiger partial charge in [0.05, 0.1) is 5.69 Å². The molecule has 2 atom stereocenters. The molecule has 172 valence electrons. The number of aromatic nitrogens is 4. The number of pyridine rings is 1. The Hall–Kier alpha value is -2.94. The number of aliphatic hydroxyl groups excluding tert-OH is 1. The molecule has 1 fully saturated rings. The second kappa shape index (κ2) is 7.83. The number of allylic oxidation sites excluding steroid dienone is 2. The minimum atomic E-state index is -0.577. The molecule has 0 bridgehead atoms. The molecule has 0 amide bonds. The van der Waals surface area contributed by atoms with Gasteiger partial charge in [0.1, 0.15) is 5.65 Å². The number of likely N-dealkylation sites (tertiary alicyclic amines) is 1. The van der Waals surface area contributed by atoms with Crippen LogP contribution in [0.4, 0.5) is 0 Å². The summed E-state index contributed by atoms with van der Waals surface area (Å²) in [6.45, 7) is 6.37. The van der Waals surface area contributed by atoms with Gasteiger partial charge in [-0.2, -0.15) is 5.10 Å². The Morgan fingerprint density at radius 2 is 2.15 bits per heavy atom. The second-order valence-corrected chi connectivity index (χ2v) is 9.56. The van der Waals surface area contributed by atoms with E-state index in [4.69, 9.17) is 10.1 Å². The van der Waals surface area contributed by atoms with Crippen LogP contribution in [0.15, 0.2) is 42.9 Å². The van der Waals surface area contributed by atoms with E-state index in [-0.39, 0.29) is 5.41 Å². The van der Waals surface area contributed by atoms with Crippen LogP contribution < -0.4 is 5.32 Å². The first-order valence-electron chi connectivity index (χ1n) is 11.9. The Labute approximate surface area is 193 Å². The smallest absolute Gasteiger partial charge is 0.163 e. The number of aryl methyl sites for hydroxylation is 1. The lowest BCUT2D eigenvalue weighted by Crippen LogP contribution is -2.45. The highest BCUT2D eigenvalue weighted by Gasteiger charge is 2.46. The van der Waals surface area contributed by atoms with Crippen LogP contribution in [0.1, 0.15) is 31.0 Å². The summed E-state index contributed by atoms with van der Waals surface area (Å²) >= 11 is 0. The van der Waals surface area contributed by atoms with Gasteiger partial charge in [0.25, 0.3) is 0 Å². The lowest BCUT2D eigenvalue weighted by Gasteiger charge is -2.26. The molecule has 0 aliphatic carbocycles. The Morgan fingerprint density at radius 3 is 2.97 bits per heavy atom. The summed E-state index contributed by atoms with van der Waals surface area (Å²) in [5.74, 6) is 0. The van der Waals surface area contributed by atoms with Crippen LogP contribution in [0.25, 0.3) is 27.9 Å². The zero-order valence-corrected chi connectivity index (χ0v) is 19.3. The molecule has 6 rings (SSSR count). The number of rotatable bonds is 5. The van der Waals surface area contributed by atoms with Crippen molar-refractivity contribution < 1.29 is 5.11 Å². The van der Waals surface area contributed by atoms with Gasteiger partial charge in [0.15, 0.2) is 6.35 Å². The van der Waals surface area contributed by atoms with Gasteiger partial charge in [-0.05, 0) is 49.4 Å².